The summed E-state index contributed by atoms with van der Waals surface area (Å²) in [5.74, 6) is -1.09. The highest BCUT2D eigenvalue weighted by molar-refractivity contribution is 8.19. The third-order valence-electron chi connectivity index (χ3n) is 3.30. The van der Waals surface area contributed by atoms with Gasteiger partial charge in [-0.2, -0.15) is 0 Å². The van der Waals surface area contributed by atoms with E-state index in [4.69, 9.17) is 0 Å². The Balaban J connectivity index is 1.97. The zero-order valence-electron chi connectivity index (χ0n) is 12.0. The lowest BCUT2D eigenvalue weighted by Gasteiger charge is -2.11. The second-order valence-electron chi connectivity index (χ2n) is 4.81. The van der Waals surface area contributed by atoms with E-state index < -0.39 is 21.9 Å². The maximum Gasteiger partial charge on any atom is 0.298 e. The number of nitro benzene ring substituents is 1. The van der Waals surface area contributed by atoms with Crippen molar-refractivity contribution in [1.82, 2.24) is 0 Å². The summed E-state index contributed by atoms with van der Waals surface area (Å²) in [6, 6.07) is 10.8. The maximum atomic E-state index is 13.0. The summed E-state index contributed by atoms with van der Waals surface area (Å²) in [4.78, 5) is 36.0. The summed E-state index contributed by atoms with van der Waals surface area (Å²) in [7, 11) is 0. The molecular weight excluding hydrogens is 335 g/mol. The fourth-order valence-electron chi connectivity index (χ4n) is 2.20. The summed E-state index contributed by atoms with van der Waals surface area (Å²) < 4.78 is 13.0. The Labute approximate surface area is 139 Å². The Morgan fingerprint density at radius 2 is 1.75 bits per heavy atom. The van der Waals surface area contributed by atoms with Crippen molar-refractivity contribution in [2.75, 3.05) is 4.90 Å². The zero-order valence-corrected chi connectivity index (χ0v) is 12.8. The van der Waals surface area contributed by atoms with Gasteiger partial charge in [0.1, 0.15) is 5.82 Å². The maximum absolute atomic E-state index is 13.0. The van der Waals surface area contributed by atoms with Crippen molar-refractivity contribution in [2.24, 2.45) is 0 Å². The molecule has 1 heterocycles. The third-order valence-corrected chi connectivity index (χ3v) is 4.17. The molecule has 120 valence electrons. The van der Waals surface area contributed by atoms with Crippen LogP contribution in [0.15, 0.2) is 53.4 Å². The van der Waals surface area contributed by atoms with Crippen LogP contribution < -0.4 is 4.90 Å². The van der Waals surface area contributed by atoms with Crippen molar-refractivity contribution >= 4 is 40.4 Å². The monoisotopic (exact) mass is 344 g/mol. The SMILES string of the molecule is O=C1S/C(=C\c2ccccc2[N+](=O)[O-])C(=O)N1c1ccc(F)cc1. The Bertz CT molecular complexity index is 880. The molecule has 0 saturated carbocycles. The highest BCUT2D eigenvalue weighted by Gasteiger charge is 2.36. The number of hydrogen-bond acceptors (Lipinski definition) is 5. The van der Waals surface area contributed by atoms with Gasteiger partial charge in [-0.1, -0.05) is 12.1 Å². The molecule has 24 heavy (non-hydrogen) atoms. The van der Waals surface area contributed by atoms with Gasteiger partial charge < -0.3 is 0 Å². The molecule has 0 atom stereocenters. The van der Waals surface area contributed by atoms with Crippen LogP contribution in [0.3, 0.4) is 0 Å². The van der Waals surface area contributed by atoms with E-state index in [0.29, 0.717) is 11.8 Å². The zero-order chi connectivity index (χ0) is 17.3. The van der Waals surface area contributed by atoms with E-state index in [-0.39, 0.29) is 21.8 Å². The largest absolute Gasteiger partial charge is 0.298 e. The van der Waals surface area contributed by atoms with Gasteiger partial charge >= 0.3 is 0 Å². The molecular formula is C16H9FN2O4S. The van der Waals surface area contributed by atoms with E-state index in [1.54, 1.807) is 6.07 Å². The van der Waals surface area contributed by atoms with E-state index in [2.05, 4.69) is 0 Å². The third kappa shape index (κ3) is 2.91. The fourth-order valence-corrected chi connectivity index (χ4v) is 3.03. The first-order chi connectivity index (χ1) is 11.5. The molecule has 2 aromatic carbocycles. The Kier molecular flexibility index (Phi) is 4.13. The van der Waals surface area contributed by atoms with Gasteiger partial charge in [0.15, 0.2) is 0 Å². The number of benzene rings is 2. The lowest BCUT2D eigenvalue weighted by molar-refractivity contribution is -0.385. The minimum atomic E-state index is -0.602. The van der Waals surface area contributed by atoms with E-state index in [1.807, 2.05) is 0 Å². The van der Waals surface area contributed by atoms with Gasteiger partial charge in [0, 0.05) is 6.07 Å². The topological polar surface area (TPSA) is 80.5 Å². The van der Waals surface area contributed by atoms with Crippen LogP contribution >= 0.6 is 11.8 Å². The molecule has 0 bridgehead atoms. The molecule has 8 heteroatoms. The molecule has 6 nitrogen and oxygen atoms in total. The first-order valence-corrected chi connectivity index (χ1v) is 7.56. The lowest BCUT2D eigenvalue weighted by Crippen LogP contribution is -2.27. The second kappa shape index (κ2) is 6.25. The molecule has 1 aliphatic heterocycles. The molecule has 0 radical (unpaired) electrons. The van der Waals surface area contributed by atoms with Crippen LogP contribution in [0.4, 0.5) is 20.6 Å². The van der Waals surface area contributed by atoms with Crippen LogP contribution in [0.2, 0.25) is 0 Å². The van der Waals surface area contributed by atoms with Crippen molar-refractivity contribution in [3.8, 4) is 0 Å². The number of thioether (sulfide) groups is 1. The molecule has 0 aromatic heterocycles. The summed E-state index contributed by atoms with van der Waals surface area (Å²) in [5, 5.41) is 10.5. The van der Waals surface area contributed by atoms with Crippen LogP contribution in [0, 0.1) is 15.9 Å². The van der Waals surface area contributed by atoms with Crippen LogP contribution in [0.25, 0.3) is 6.08 Å². The van der Waals surface area contributed by atoms with Crippen molar-refractivity contribution in [2.45, 2.75) is 0 Å². The van der Waals surface area contributed by atoms with Crippen molar-refractivity contribution in [3.63, 3.8) is 0 Å². The predicted molar refractivity (Wildman–Crippen MR) is 87.9 cm³/mol. The Morgan fingerprint density at radius 1 is 1.08 bits per heavy atom. The molecule has 3 rings (SSSR count). The molecule has 2 aromatic rings. The number of carbonyl (C=O) groups is 2. The molecule has 0 spiro atoms. The first-order valence-electron chi connectivity index (χ1n) is 6.74. The van der Waals surface area contributed by atoms with Gasteiger partial charge in [-0.05, 0) is 48.2 Å². The van der Waals surface area contributed by atoms with Crippen molar-refractivity contribution < 1.29 is 18.9 Å². The lowest BCUT2D eigenvalue weighted by atomic mass is 10.1. The van der Waals surface area contributed by atoms with Crippen LogP contribution in [-0.2, 0) is 4.79 Å². The standard InChI is InChI=1S/C16H9FN2O4S/c17-11-5-7-12(8-6-11)18-15(20)14(24-16(18)21)9-10-3-1-2-4-13(10)19(22)23/h1-9H/b14-9-. The number of hydrogen-bond donors (Lipinski definition) is 0. The van der Waals surface area contributed by atoms with Crippen LogP contribution in [0.5, 0.6) is 0 Å². The van der Waals surface area contributed by atoms with E-state index >= 15 is 0 Å². The van der Waals surface area contributed by atoms with Gasteiger partial charge in [-0.25, -0.2) is 9.29 Å². The molecule has 1 fully saturated rings. The number of carbonyl (C=O) groups excluding carboxylic acids is 2. The van der Waals surface area contributed by atoms with Crippen molar-refractivity contribution in [1.29, 1.82) is 0 Å². The highest BCUT2D eigenvalue weighted by Crippen LogP contribution is 2.36. The van der Waals surface area contributed by atoms with Gasteiger partial charge in [0.05, 0.1) is 21.1 Å². The average Bonchev–Trinajstić information content (AvgIpc) is 2.83. The van der Waals surface area contributed by atoms with Crippen molar-refractivity contribution in [3.05, 3.63) is 74.9 Å². The number of imide groups is 1. The normalized spacial score (nSPS) is 16.0. The van der Waals surface area contributed by atoms with Gasteiger partial charge in [-0.3, -0.25) is 19.7 Å². The minimum absolute atomic E-state index is 0.0682. The molecule has 0 unspecified atom stereocenters. The smallest absolute Gasteiger partial charge is 0.268 e. The number of rotatable bonds is 3. The number of nitro groups is 1. The molecule has 1 saturated heterocycles. The summed E-state index contributed by atoms with van der Waals surface area (Å²) in [6.07, 6.45) is 1.31. The Morgan fingerprint density at radius 3 is 2.42 bits per heavy atom. The first kappa shape index (κ1) is 15.9. The Hall–Kier alpha value is -3.00. The average molecular weight is 344 g/mol. The summed E-state index contributed by atoms with van der Waals surface area (Å²) in [5.41, 5.74) is 0.308. The quantitative estimate of drug-likeness (QED) is 0.478. The minimum Gasteiger partial charge on any atom is -0.268 e. The number of halogens is 1. The number of amides is 2. The van der Waals surface area contributed by atoms with E-state index in [0.717, 1.165) is 17.0 Å². The van der Waals surface area contributed by atoms with Gasteiger partial charge in [0.25, 0.3) is 16.8 Å². The summed E-state index contributed by atoms with van der Waals surface area (Å²) >= 11 is 0.678. The molecule has 1 aliphatic rings. The van der Waals surface area contributed by atoms with E-state index in [1.165, 1.54) is 36.4 Å². The van der Waals surface area contributed by atoms with E-state index in [9.17, 15) is 24.1 Å². The molecule has 0 aliphatic carbocycles. The number of nitrogens with zero attached hydrogens (tertiary/aromatic N) is 2. The molecule has 0 N–H and O–H groups in total. The van der Waals surface area contributed by atoms with Crippen LogP contribution in [-0.4, -0.2) is 16.1 Å². The van der Waals surface area contributed by atoms with Gasteiger partial charge in [-0.15, -0.1) is 0 Å². The predicted octanol–water partition coefficient (Wildman–Crippen LogP) is 3.97. The fraction of sp³-hybridized carbons (Fsp3) is 0. The molecule has 2 amide bonds. The number of anilines is 1. The van der Waals surface area contributed by atoms with Crippen LogP contribution in [0.1, 0.15) is 5.56 Å². The highest BCUT2D eigenvalue weighted by atomic mass is 32.2. The number of para-hydroxylation sites is 1. The summed E-state index contributed by atoms with van der Waals surface area (Å²) in [6.45, 7) is 0. The second-order valence-corrected chi connectivity index (χ2v) is 5.80. The van der Waals surface area contributed by atoms with Gasteiger partial charge in [0.2, 0.25) is 0 Å².